The SMILES string of the molecule is CC(C)=CC(=O)Nc1n[nH]c(C(F)(F)F)c1-c1ccccc1. The molecule has 0 radical (unpaired) electrons. The van der Waals surface area contributed by atoms with E-state index >= 15 is 0 Å². The van der Waals surface area contributed by atoms with Crippen molar-refractivity contribution in [3.63, 3.8) is 0 Å². The molecule has 0 unspecified atom stereocenters. The van der Waals surface area contributed by atoms with Crippen molar-refractivity contribution in [1.29, 1.82) is 0 Å². The third kappa shape index (κ3) is 3.55. The number of allylic oxidation sites excluding steroid dienone is 1. The summed E-state index contributed by atoms with van der Waals surface area (Å²) in [6.45, 7) is 3.42. The molecule has 1 heterocycles. The number of hydrogen-bond donors (Lipinski definition) is 2. The maximum Gasteiger partial charge on any atom is 0.433 e. The van der Waals surface area contributed by atoms with E-state index in [4.69, 9.17) is 0 Å². The Kier molecular flexibility index (Phi) is 4.35. The number of aromatic amines is 1. The fourth-order valence-electron chi connectivity index (χ4n) is 1.94. The van der Waals surface area contributed by atoms with Crippen molar-refractivity contribution < 1.29 is 18.0 Å². The Balaban J connectivity index is 2.50. The van der Waals surface area contributed by atoms with Crippen molar-refractivity contribution in [3.05, 3.63) is 47.7 Å². The van der Waals surface area contributed by atoms with Crippen LogP contribution in [0.25, 0.3) is 11.1 Å². The number of amides is 1. The topological polar surface area (TPSA) is 57.8 Å². The Labute approximate surface area is 125 Å². The first-order valence-corrected chi connectivity index (χ1v) is 6.46. The lowest BCUT2D eigenvalue weighted by Gasteiger charge is -2.09. The van der Waals surface area contributed by atoms with Crippen LogP contribution in [-0.4, -0.2) is 16.1 Å². The molecular weight excluding hydrogens is 295 g/mol. The highest BCUT2D eigenvalue weighted by molar-refractivity contribution is 6.01. The van der Waals surface area contributed by atoms with Crippen molar-refractivity contribution in [2.75, 3.05) is 5.32 Å². The van der Waals surface area contributed by atoms with Gasteiger partial charge in [0.05, 0.1) is 5.56 Å². The molecule has 0 aliphatic heterocycles. The zero-order chi connectivity index (χ0) is 16.3. The molecule has 2 rings (SSSR count). The van der Waals surface area contributed by atoms with Crippen LogP contribution in [-0.2, 0) is 11.0 Å². The van der Waals surface area contributed by atoms with Gasteiger partial charge in [0, 0.05) is 6.08 Å². The van der Waals surface area contributed by atoms with E-state index in [0.717, 1.165) is 5.57 Å². The number of rotatable bonds is 3. The maximum absolute atomic E-state index is 13.1. The second kappa shape index (κ2) is 6.05. The second-order valence-electron chi connectivity index (χ2n) is 4.90. The van der Waals surface area contributed by atoms with Crippen molar-refractivity contribution in [2.45, 2.75) is 20.0 Å². The van der Waals surface area contributed by atoms with Gasteiger partial charge in [0.15, 0.2) is 5.82 Å². The molecule has 22 heavy (non-hydrogen) atoms. The molecule has 0 aliphatic rings. The van der Waals surface area contributed by atoms with E-state index in [2.05, 4.69) is 10.4 Å². The Morgan fingerprint density at radius 1 is 1.23 bits per heavy atom. The number of carbonyl (C=O) groups is 1. The van der Waals surface area contributed by atoms with Crippen molar-refractivity contribution in [1.82, 2.24) is 10.2 Å². The van der Waals surface area contributed by atoms with Gasteiger partial charge in [-0.1, -0.05) is 35.9 Å². The Bertz CT molecular complexity index is 699. The molecule has 116 valence electrons. The summed E-state index contributed by atoms with van der Waals surface area (Å²) in [5, 5.41) is 7.94. The van der Waals surface area contributed by atoms with Crippen molar-refractivity contribution in [3.8, 4) is 11.1 Å². The molecule has 1 amide bonds. The predicted molar refractivity (Wildman–Crippen MR) is 77.1 cm³/mol. The van der Waals surface area contributed by atoms with Gasteiger partial charge in [-0.3, -0.25) is 9.89 Å². The largest absolute Gasteiger partial charge is 0.433 e. The van der Waals surface area contributed by atoms with E-state index in [1.807, 2.05) is 5.10 Å². The quantitative estimate of drug-likeness (QED) is 0.842. The van der Waals surface area contributed by atoms with Crippen LogP contribution in [0.2, 0.25) is 0 Å². The van der Waals surface area contributed by atoms with Gasteiger partial charge >= 0.3 is 6.18 Å². The van der Waals surface area contributed by atoms with Crippen LogP contribution < -0.4 is 5.32 Å². The third-order valence-electron chi connectivity index (χ3n) is 2.77. The molecule has 0 spiro atoms. The summed E-state index contributed by atoms with van der Waals surface area (Å²) in [7, 11) is 0. The van der Waals surface area contributed by atoms with Gasteiger partial charge in [-0.2, -0.15) is 18.3 Å². The number of hydrogen-bond acceptors (Lipinski definition) is 2. The number of benzene rings is 1. The minimum Gasteiger partial charge on any atom is -0.305 e. The molecule has 1 aromatic heterocycles. The van der Waals surface area contributed by atoms with E-state index in [9.17, 15) is 18.0 Å². The van der Waals surface area contributed by atoms with Crippen LogP contribution in [0.15, 0.2) is 42.0 Å². The van der Waals surface area contributed by atoms with Crippen LogP contribution in [0.4, 0.5) is 19.0 Å². The summed E-state index contributed by atoms with van der Waals surface area (Å²) in [5.41, 5.74) is -0.128. The van der Waals surface area contributed by atoms with Crippen LogP contribution >= 0.6 is 0 Å². The zero-order valence-corrected chi connectivity index (χ0v) is 12.0. The molecule has 0 atom stereocenters. The Hall–Kier alpha value is -2.57. The molecular formula is C15H14F3N3O. The highest BCUT2D eigenvalue weighted by Gasteiger charge is 2.38. The number of H-pyrrole nitrogens is 1. The average molecular weight is 309 g/mol. The van der Waals surface area contributed by atoms with Crippen LogP contribution in [0, 0.1) is 0 Å². The van der Waals surface area contributed by atoms with E-state index in [0.29, 0.717) is 5.56 Å². The number of alkyl halides is 3. The number of nitrogens with zero attached hydrogens (tertiary/aromatic N) is 1. The minimum atomic E-state index is -4.60. The molecule has 2 aromatic rings. The molecule has 2 N–H and O–H groups in total. The number of nitrogens with one attached hydrogen (secondary N) is 2. The van der Waals surface area contributed by atoms with E-state index < -0.39 is 17.8 Å². The van der Waals surface area contributed by atoms with Gasteiger partial charge in [0.2, 0.25) is 5.91 Å². The lowest BCUT2D eigenvalue weighted by Crippen LogP contribution is -2.11. The van der Waals surface area contributed by atoms with Crippen molar-refractivity contribution >= 4 is 11.7 Å². The fourth-order valence-corrected chi connectivity index (χ4v) is 1.94. The van der Waals surface area contributed by atoms with Gasteiger partial charge in [0.25, 0.3) is 0 Å². The van der Waals surface area contributed by atoms with E-state index in [1.165, 1.54) is 18.2 Å². The molecule has 0 saturated carbocycles. The lowest BCUT2D eigenvalue weighted by atomic mass is 10.1. The first-order valence-electron chi connectivity index (χ1n) is 6.46. The highest BCUT2D eigenvalue weighted by Crippen LogP contribution is 2.39. The summed E-state index contributed by atoms with van der Waals surface area (Å²) in [5.74, 6) is -0.682. The standard InChI is InChI=1S/C15H14F3N3O/c1-9(2)8-11(22)19-14-12(10-6-4-3-5-7-10)13(20-21-14)15(16,17)18/h3-8H,1-2H3,(H2,19,20,21,22). The zero-order valence-electron chi connectivity index (χ0n) is 12.0. The number of aromatic nitrogens is 2. The minimum absolute atomic E-state index is 0.152. The lowest BCUT2D eigenvalue weighted by molar-refractivity contribution is -0.140. The molecule has 0 bridgehead atoms. The molecule has 1 aromatic carbocycles. The molecule has 7 heteroatoms. The number of carbonyl (C=O) groups excluding carboxylic acids is 1. The number of halogens is 3. The summed E-state index contributed by atoms with van der Waals surface area (Å²) in [6.07, 6.45) is -3.31. The molecule has 0 saturated heterocycles. The van der Waals surface area contributed by atoms with Crippen LogP contribution in [0.3, 0.4) is 0 Å². The van der Waals surface area contributed by atoms with Gasteiger partial charge in [-0.15, -0.1) is 0 Å². The molecule has 0 aliphatic carbocycles. The van der Waals surface area contributed by atoms with Gasteiger partial charge in [-0.05, 0) is 19.4 Å². The number of anilines is 1. The van der Waals surface area contributed by atoms with Gasteiger partial charge < -0.3 is 5.32 Å². The summed E-state index contributed by atoms with van der Waals surface area (Å²) >= 11 is 0. The van der Waals surface area contributed by atoms with Gasteiger partial charge in [-0.25, -0.2) is 0 Å². The first-order chi connectivity index (χ1) is 10.3. The Morgan fingerprint density at radius 2 is 1.86 bits per heavy atom. The van der Waals surface area contributed by atoms with E-state index in [-0.39, 0.29) is 11.4 Å². The normalized spacial score (nSPS) is 11.1. The average Bonchev–Trinajstić information content (AvgIpc) is 2.82. The molecule has 0 fully saturated rings. The van der Waals surface area contributed by atoms with Crippen LogP contribution in [0.5, 0.6) is 0 Å². The monoisotopic (exact) mass is 309 g/mol. The van der Waals surface area contributed by atoms with Crippen molar-refractivity contribution in [2.24, 2.45) is 0 Å². The predicted octanol–water partition coefficient (Wildman–Crippen LogP) is 4.00. The Morgan fingerprint density at radius 3 is 2.41 bits per heavy atom. The third-order valence-corrected chi connectivity index (χ3v) is 2.77. The van der Waals surface area contributed by atoms with Crippen LogP contribution in [0.1, 0.15) is 19.5 Å². The summed E-state index contributed by atoms with van der Waals surface area (Å²) in [6, 6.07) is 7.97. The fraction of sp³-hybridized carbons (Fsp3) is 0.200. The molecule has 4 nitrogen and oxygen atoms in total. The summed E-state index contributed by atoms with van der Waals surface area (Å²) < 4.78 is 39.3. The highest BCUT2D eigenvalue weighted by atomic mass is 19.4. The van der Waals surface area contributed by atoms with Gasteiger partial charge in [0.1, 0.15) is 5.69 Å². The summed E-state index contributed by atoms with van der Waals surface area (Å²) in [4.78, 5) is 11.7. The second-order valence-corrected chi connectivity index (χ2v) is 4.90. The smallest absolute Gasteiger partial charge is 0.305 e. The first kappa shape index (κ1) is 15.8. The van der Waals surface area contributed by atoms with E-state index in [1.54, 1.807) is 32.0 Å². The maximum atomic E-state index is 13.1.